The van der Waals surface area contributed by atoms with Gasteiger partial charge in [-0.3, -0.25) is 19.6 Å². The van der Waals surface area contributed by atoms with E-state index >= 15 is 0 Å². The highest BCUT2D eigenvalue weighted by Crippen LogP contribution is 2.04. The molecule has 28 heavy (non-hydrogen) atoms. The number of nitrogens with one attached hydrogen (secondary N) is 2. The third-order valence-electron chi connectivity index (χ3n) is 3.55. The summed E-state index contributed by atoms with van der Waals surface area (Å²) in [5.74, 6) is -2.59. The van der Waals surface area contributed by atoms with Gasteiger partial charge in [0.25, 0.3) is 0 Å². The molecule has 0 bridgehead atoms. The van der Waals surface area contributed by atoms with Crippen molar-refractivity contribution in [3.05, 3.63) is 0 Å². The highest BCUT2D eigenvalue weighted by molar-refractivity contribution is 5.91. The van der Waals surface area contributed by atoms with Gasteiger partial charge >= 0.3 is 5.97 Å². The zero-order chi connectivity index (χ0) is 21.7. The first-order valence-electron chi connectivity index (χ1n) is 8.74. The molecule has 0 saturated carbocycles. The van der Waals surface area contributed by atoms with Crippen molar-refractivity contribution in [1.29, 1.82) is 0 Å². The van der Waals surface area contributed by atoms with Gasteiger partial charge in [-0.25, -0.2) is 4.79 Å². The van der Waals surface area contributed by atoms with Crippen molar-refractivity contribution >= 4 is 29.7 Å². The number of nitrogens with zero attached hydrogens (tertiary/aromatic N) is 2. The number of carbonyl (C=O) groups excluding carboxylic acids is 2. The molecule has 13 heteroatoms. The van der Waals surface area contributed by atoms with Crippen molar-refractivity contribution in [2.24, 2.45) is 38.7 Å². The number of hydrogen-bond donors (Lipinski definition) is 8. The van der Waals surface area contributed by atoms with Crippen molar-refractivity contribution in [3.8, 4) is 0 Å². The number of carboxylic acids is 1. The summed E-state index contributed by atoms with van der Waals surface area (Å²) in [5, 5.41) is 14.2. The van der Waals surface area contributed by atoms with E-state index in [-0.39, 0.29) is 37.9 Å². The van der Waals surface area contributed by atoms with Crippen molar-refractivity contribution in [2.45, 2.75) is 50.7 Å². The average molecular weight is 401 g/mol. The van der Waals surface area contributed by atoms with Crippen LogP contribution in [0, 0.1) is 0 Å². The van der Waals surface area contributed by atoms with Gasteiger partial charge in [-0.15, -0.1) is 0 Å². The van der Waals surface area contributed by atoms with E-state index in [4.69, 9.17) is 28.7 Å². The lowest BCUT2D eigenvalue weighted by atomic mass is 10.1. The van der Waals surface area contributed by atoms with Crippen LogP contribution in [0.4, 0.5) is 0 Å². The van der Waals surface area contributed by atoms with Gasteiger partial charge in [0.2, 0.25) is 11.8 Å². The Morgan fingerprint density at radius 1 is 0.857 bits per heavy atom. The molecule has 0 heterocycles. The maximum Gasteiger partial charge on any atom is 0.326 e. The molecule has 160 valence electrons. The molecule has 0 aliphatic carbocycles. The highest BCUT2D eigenvalue weighted by atomic mass is 16.4. The molecule has 3 atom stereocenters. The van der Waals surface area contributed by atoms with Crippen LogP contribution in [0.3, 0.4) is 0 Å². The molecule has 0 aliphatic rings. The quantitative estimate of drug-likeness (QED) is 0.0863. The van der Waals surface area contributed by atoms with Crippen LogP contribution < -0.4 is 39.3 Å². The lowest BCUT2D eigenvalue weighted by molar-refractivity contribution is -0.142. The van der Waals surface area contributed by atoms with E-state index in [0.717, 1.165) is 0 Å². The second-order valence-corrected chi connectivity index (χ2v) is 6.15. The first-order valence-corrected chi connectivity index (χ1v) is 8.74. The number of carboxylic acid groups (broad SMARTS) is 1. The molecule has 0 aromatic heterocycles. The van der Waals surface area contributed by atoms with Crippen molar-refractivity contribution in [3.63, 3.8) is 0 Å². The zero-order valence-corrected chi connectivity index (χ0v) is 15.9. The van der Waals surface area contributed by atoms with Crippen molar-refractivity contribution < 1.29 is 19.5 Å². The first-order chi connectivity index (χ1) is 13.0. The molecule has 13 nitrogen and oxygen atoms in total. The average Bonchev–Trinajstić information content (AvgIpc) is 2.58. The van der Waals surface area contributed by atoms with Gasteiger partial charge in [-0.05, 0) is 32.6 Å². The van der Waals surface area contributed by atoms with E-state index in [9.17, 15) is 19.5 Å². The number of amides is 2. The third kappa shape index (κ3) is 11.5. The monoisotopic (exact) mass is 401 g/mol. The van der Waals surface area contributed by atoms with Crippen LogP contribution in [0.1, 0.15) is 32.6 Å². The maximum atomic E-state index is 12.5. The molecule has 0 aromatic rings. The summed E-state index contributed by atoms with van der Waals surface area (Å²) in [7, 11) is 0. The molecular formula is C15H31N9O4. The SMILES string of the molecule is C[C@H](N)C(=O)N[C@H](CCCN=C(N)N)C(=O)N[C@@H](CCCN=C(N)N)C(=O)O. The number of nitrogens with two attached hydrogens (primary N) is 5. The molecule has 0 aliphatic heterocycles. The molecule has 13 N–H and O–H groups in total. The predicted octanol–water partition coefficient (Wildman–Crippen LogP) is -3.51. The van der Waals surface area contributed by atoms with Crippen LogP contribution in [0.25, 0.3) is 0 Å². The molecular weight excluding hydrogens is 370 g/mol. The van der Waals surface area contributed by atoms with E-state index in [1.54, 1.807) is 0 Å². The fourth-order valence-electron chi connectivity index (χ4n) is 2.11. The molecule has 0 unspecified atom stereocenters. The Morgan fingerprint density at radius 2 is 1.29 bits per heavy atom. The highest BCUT2D eigenvalue weighted by Gasteiger charge is 2.26. The molecule has 0 fully saturated rings. The molecule has 0 saturated heterocycles. The van der Waals surface area contributed by atoms with Crippen LogP contribution in [0.15, 0.2) is 9.98 Å². The molecule has 2 amide bonds. The number of rotatable bonds is 13. The van der Waals surface area contributed by atoms with Gasteiger partial charge in [-0.1, -0.05) is 0 Å². The summed E-state index contributed by atoms with van der Waals surface area (Å²) >= 11 is 0. The Kier molecular flexibility index (Phi) is 11.7. The minimum absolute atomic E-state index is 0.0904. The second kappa shape index (κ2) is 13.1. The summed E-state index contributed by atoms with van der Waals surface area (Å²) in [4.78, 5) is 43.3. The van der Waals surface area contributed by atoms with Gasteiger partial charge in [0, 0.05) is 13.1 Å². The number of aliphatic carboxylic acids is 1. The summed E-state index contributed by atoms with van der Waals surface area (Å²) in [6.07, 6.45) is 1.04. The fraction of sp³-hybridized carbons (Fsp3) is 0.667. The van der Waals surface area contributed by atoms with Crippen LogP contribution in [-0.4, -0.2) is 66.0 Å². The van der Waals surface area contributed by atoms with Gasteiger partial charge in [-0.2, -0.15) is 0 Å². The smallest absolute Gasteiger partial charge is 0.326 e. The summed E-state index contributed by atoms with van der Waals surface area (Å²) < 4.78 is 0. The Morgan fingerprint density at radius 3 is 1.68 bits per heavy atom. The zero-order valence-electron chi connectivity index (χ0n) is 15.9. The topological polar surface area (TPSA) is 250 Å². The molecule has 0 aromatic carbocycles. The second-order valence-electron chi connectivity index (χ2n) is 6.15. The van der Waals surface area contributed by atoms with E-state index in [2.05, 4.69) is 20.6 Å². The Labute approximate surface area is 163 Å². The number of carbonyl (C=O) groups is 3. The standard InChI is InChI=1S/C15H31N9O4/c1-8(16)11(25)23-9(4-2-6-21-14(17)18)12(26)24-10(13(27)28)5-3-7-22-15(19)20/h8-10H,2-7,16H2,1H3,(H,23,25)(H,24,26)(H,27,28)(H4,17,18,21)(H4,19,20,22)/t8-,9+,10-/m0/s1. The van der Waals surface area contributed by atoms with Crippen molar-refractivity contribution in [1.82, 2.24) is 10.6 Å². The molecule has 0 rings (SSSR count). The Bertz CT molecular complexity index is 584. The van der Waals surface area contributed by atoms with E-state index < -0.39 is 35.9 Å². The summed E-state index contributed by atoms with van der Waals surface area (Å²) in [6.45, 7) is 1.94. The summed E-state index contributed by atoms with van der Waals surface area (Å²) in [6, 6.07) is -2.97. The minimum atomic E-state index is -1.21. The van der Waals surface area contributed by atoms with Crippen LogP contribution in [0.2, 0.25) is 0 Å². The lowest BCUT2D eigenvalue weighted by Gasteiger charge is -2.22. The predicted molar refractivity (Wildman–Crippen MR) is 105 cm³/mol. The van der Waals surface area contributed by atoms with Crippen LogP contribution >= 0.6 is 0 Å². The Hall–Kier alpha value is -3.09. The van der Waals surface area contributed by atoms with Crippen LogP contribution in [0.5, 0.6) is 0 Å². The lowest BCUT2D eigenvalue weighted by Crippen LogP contribution is -2.54. The summed E-state index contributed by atoms with van der Waals surface area (Å²) in [5.41, 5.74) is 26.4. The maximum absolute atomic E-state index is 12.5. The molecule has 0 radical (unpaired) electrons. The van der Waals surface area contributed by atoms with E-state index in [1.165, 1.54) is 6.92 Å². The number of hydrogen-bond acceptors (Lipinski definition) is 6. The van der Waals surface area contributed by atoms with Crippen LogP contribution in [-0.2, 0) is 14.4 Å². The number of aliphatic imine (C=N–C) groups is 2. The minimum Gasteiger partial charge on any atom is -0.480 e. The fourth-order valence-corrected chi connectivity index (χ4v) is 2.11. The van der Waals surface area contributed by atoms with Gasteiger partial charge in [0.1, 0.15) is 12.1 Å². The third-order valence-corrected chi connectivity index (χ3v) is 3.55. The van der Waals surface area contributed by atoms with Gasteiger partial charge < -0.3 is 44.4 Å². The van der Waals surface area contributed by atoms with E-state index in [1.807, 2.05) is 0 Å². The normalized spacial score (nSPS) is 13.5. The van der Waals surface area contributed by atoms with Gasteiger partial charge in [0.15, 0.2) is 11.9 Å². The Balaban J connectivity index is 4.93. The van der Waals surface area contributed by atoms with E-state index in [0.29, 0.717) is 12.8 Å². The molecule has 0 spiro atoms. The first kappa shape index (κ1) is 24.9. The number of guanidine groups is 2. The van der Waals surface area contributed by atoms with Gasteiger partial charge in [0.05, 0.1) is 6.04 Å². The largest absolute Gasteiger partial charge is 0.480 e. The van der Waals surface area contributed by atoms with Crippen molar-refractivity contribution in [2.75, 3.05) is 13.1 Å².